The lowest BCUT2D eigenvalue weighted by Crippen LogP contribution is -2.30. The van der Waals surface area contributed by atoms with Crippen molar-refractivity contribution >= 4 is 9.84 Å². The maximum Gasteiger partial charge on any atom is 0.150 e. The van der Waals surface area contributed by atoms with E-state index < -0.39 is 15.9 Å². The number of aliphatic hydroxyl groups is 1. The minimum Gasteiger partial charge on any atom is -0.388 e. The highest BCUT2D eigenvalue weighted by Crippen LogP contribution is 2.42. The lowest BCUT2D eigenvalue weighted by Gasteiger charge is -2.31. The number of hydrogen-bond donors (Lipinski definition) is 1. The third-order valence-electron chi connectivity index (χ3n) is 5.02. The number of sulfone groups is 1. The maximum atomic E-state index is 11.8. The van der Waals surface area contributed by atoms with Crippen molar-refractivity contribution < 1.29 is 13.5 Å². The van der Waals surface area contributed by atoms with Crippen LogP contribution in [0.2, 0.25) is 0 Å². The Kier molecular flexibility index (Phi) is 4.10. The first-order valence-corrected chi connectivity index (χ1v) is 9.87. The molecule has 2 fully saturated rings. The summed E-state index contributed by atoms with van der Waals surface area (Å²) in [6.07, 6.45) is 6.42. The van der Waals surface area contributed by atoms with Gasteiger partial charge >= 0.3 is 0 Å². The summed E-state index contributed by atoms with van der Waals surface area (Å²) >= 11 is 0. The zero-order chi connectivity index (χ0) is 15.0. The van der Waals surface area contributed by atoms with Crippen molar-refractivity contribution in [2.75, 3.05) is 6.26 Å². The summed E-state index contributed by atoms with van der Waals surface area (Å²) in [5.74, 6) is 0.736. The Hall–Kier alpha value is -0.870. The topological polar surface area (TPSA) is 54.4 Å². The molecule has 4 heteroatoms. The first kappa shape index (κ1) is 15.0. The lowest BCUT2D eigenvalue weighted by molar-refractivity contribution is 0.0856. The normalized spacial score (nSPS) is 28.3. The zero-order valence-electron chi connectivity index (χ0n) is 12.5. The predicted octanol–water partition coefficient (Wildman–Crippen LogP) is 3.20. The van der Waals surface area contributed by atoms with Crippen LogP contribution >= 0.6 is 0 Å². The predicted molar refractivity (Wildman–Crippen MR) is 84.0 cm³/mol. The van der Waals surface area contributed by atoms with Crippen LogP contribution in [0.25, 0.3) is 0 Å². The number of hydrogen-bond acceptors (Lipinski definition) is 3. The van der Waals surface area contributed by atoms with E-state index >= 15 is 0 Å². The molecule has 2 saturated carbocycles. The van der Waals surface area contributed by atoms with E-state index in [9.17, 15) is 13.5 Å². The molecule has 0 radical (unpaired) electrons. The van der Waals surface area contributed by atoms with Crippen LogP contribution in [0.4, 0.5) is 0 Å². The third-order valence-corrected chi connectivity index (χ3v) is 6.66. The molecule has 0 aliphatic heterocycles. The third kappa shape index (κ3) is 3.49. The molecule has 0 amide bonds. The van der Waals surface area contributed by atoms with Crippen LogP contribution in [0.15, 0.2) is 24.3 Å². The Labute approximate surface area is 127 Å². The number of aliphatic hydroxyl groups excluding tert-OH is 1. The highest BCUT2D eigenvalue weighted by atomic mass is 32.2. The van der Waals surface area contributed by atoms with Gasteiger partial charge in [0.15, 0.2) is 0 Å². The average molecular weight is 308 g/mol. The van der Waals surface area contributed by atoms with E-state index in [-0.39, 0.29) is 11.2 Å². The molecule has 116 valence electrons. The van der Waals surface area contributed by atoms with Gasteiger partial charge in [0.25, 0.3) is 0 Å². The molecule has 21 heavy (non-hydrogen) atoms. The summed E-state index contributed by atoms with van der Waals surface area (Å²) in [5, 5.41) is 10.4. The van der Waals surface area contributed by atoms with Crippen LogP contribution < -0.4 is 0 Å². The molecule has 0 aromatic heterocycles. The first-order valence-electron chi connectivity index (χ1n) is 7.92. The van der Waals surface area contributed by atoms with Crippen molar-refractivity contribution in [3.8, 4) is 0 Å². The minimum atomic E-state index is -3.00. The van der Waals surface area contributed by atoms with Gasteiger partial charge in [-0.2, -0.15) is 0 Å². The standard InChI is InChI=1S/C17H24O3S/c1-21(19,20)16-7-3-6-15(11-16)17(18)14-5-2-4-13(10-14)12-8-9-12/h2,4-5,10,12,15-18H,3,6-9,11H2,1H3. The summed E-state index contributed by atoms with van der Waals surface area (Å²) in [7, 11) is -3.00. The van der Waals surface area contributed by atoms with Crippen molar-refractivity contribution in [2.24, 2.45) is 5.92 Å². The van der Waals surface area contributed by atoms with Crippen LogP contribution in [0, 0.1) is 5.92 Å². The molecule has 3 atom stereocenters. The molecule has 3 unspecified atom stereocenters. The fraction of sp³-hybridized carbons (Fsp3) is 0.647. The second-order valence-electron chi connectivity index (χ2n) is 6.77. The second-order valence-corrected chi connectivity index (χ2v) is 9.09. The molecule has 0 spiro atoms. The monoisotopic (exact) mass is 308 g/mol. The smallest absolute Gasteiger partial charge is 0.150 e. The lowest BCUT2D eigenvalue weighted by atomic mass is 9.82. The Morgan fingerprint density at radius 3 is 2.62 bits per heavy atom. The van der Waals surface area contributed by atoms with E-state index in [2.05, 4.69) is 12.1 Å². The summed E-state index contributed by atoms with van der Waals surface area (Å²) in [4.78, 5) is 0. The Morgan fingerprint density at radius 2 is 1.95 bits per heavy atom. The van der Waals surface area contributed by atoms with Gasteiger partial charge in [-0.15, -0.1) is 0 Å². The van der Waals surface area contributed by atoms with Gasteiger partial charge in [0.2, 0.25) is 0 Å². The van der Waals surface area contributed by atoms with E-state index in [1.165, 1.54) is 24.7 Å². The second kappa shape index (κ2) is 5.73. The Morgan fingerprint density at radius 1 is 1.19 bits per heavy atom. The van der Waals surface area contributed by atoms with Crippen molar-refractivity contribution in [1.82, 2.24) is 0 Å². The Balaban J connectivity index is 1.75. The van der Waals surface area contributed by atoms with Crippen LogP contribution in [0.5, 0.6) is 0 Å². The molecule has 1 N–H and O–H groups in total. The summed E-state index contributed by atoms with van der Waals surface area (Å²) in [6, 6.07) is 8.24. The largest absolute Gasteiger partial charge is 0.388 e. The van der Waals surface area contributed by atoms with Gasteiger partial charge in [-0.1, -0.05) is 30.7 Å². The van der Waals surface area contributed by atoms with Crippen LogP contribution in [-0.2, 0) is 9.84 Å². The van der Waals surface area contributed by atoms with Crippen LogP contribution in [0.3, 0.4) is 0 Å². The van der Waals surface area contributed by atoms with Gasteiger partial charge in [-0.05, 0) is 55.1 Å². The molecular weight excluding hydrogens is 284 g/mol. The van der Waals surface area contributed by atoms with Gasteiger partial charge in [-0.3, -0.25) is 0 Å². The number of rotatable bonds is 4. The molecule has 0 saturated heterocycles. The van der Waals surface area contributed by atoms with Gasteiger partial charge in [-0.25, -0.2) is 8.42 Å². The quantitative estimate of drug-likeness (QED) is 0.929. The maximum absolute atomic E-state index is 11.8. The van der Waals surface area contributed by atoms with Gasteiger partial charge in [0, 0.05) is 6.26 Å². The average Bonchev–Trinajstić information content (AvgIpc) is 3.30. The molecule has 2 aliphatic carbocycles. The molecule has 0 bridgehead atoms. The van der Waals surface area contributed by atoms with Gasteiger partial charge < -0.3 is 5.11 Å². The summed E-state index contributed by atoms with van der Waals surface area (Å²) in [5.41, 5.74) is 2.28. The Bertz CT molecular complexity index is 604. The molecule has 1 aromatic carbocycles. The molecule has 2 aliphatic rings. The van der Waals surface area contributed by atoms with E-state index in [1.807, 2.05) is 12.1 Å². The fourth-order valence-electron chi connectivity index (χ4n) is 3.54. The summed E-state index contributed by atoms with van der Waals surface area (Å²) < 4.78 is 23.5. The van der Waals surface area contributed by atoms with Crippen molar-refractivity contribution in [3.05, 3.63) is 35.4 Å². The molecule has 0 heterocycles. The van der Waals surface area contributed by atoms with Crippen molar-refractivity contribution in [1.29, 1.82) is 0 Å². The summed E-state index contributed by atoms with van der Waals surface area (Å²) in [6.45, 7) is 0. The highest BCUT2D eigenvalue weighted by Gasteiger charge is 2.33. The molecular formula is C17H24O3S. The van der Waals surface area contributed by atoms with Crippen LogP contribution in [0.1, 0.15) is 61.7 Å². The highest BCUT2D eigenvalue weighted by molar-refractivity contribution is 7.91. The minimum absolute atomic E-state index is 0.0629. The van der Waals surface area contributed by atoms with Crippen molar-refractivity contribution in [2.45, 2.75) is 55.8 Å². The zero-order valence-corrected chi connectivity index (χ0v) is 13.3. The van der Waals surface area contributed by atoms with Gasteiger partial charge in [0.05, 0.1) is 11.4 Å². The first-order chi connectivity index (χ1) is 9.95. The van der Waals surface area contributed by atoms with Gasteiger partial charge in [0.1, 0.15) is 9.84 Å². The fourth-order valence-corrected chi connectivity index (χ4v) is 4.73. The van der Waals surface area contributed by atoms with E-state index in [4.69, 9.17) is 0 Å². The van der Waals surface area contributed by atoms with Crippen molar-refractivity contribution in [3.63, 3.8) is 0 Å². The molecule has 1 aromatic rings. The SMILES string of the molecule is CS(=O)(=O)C1CCCC(C(O)c2cccc(C3CC3)c2)C1. The molecule has 3 nitrogen and oxygen atoms in total. The van der Waals surface area contributed by atoms with Crippen LogP contribution in [-0.4, -0.2) is 25.0 Å². The van der Waals surface area contributed by atoms with E-state index in [1.54, 1.807) is 0 Å². The molecule has 3 rings (SSSR count). The van der Waals surface area contributed by atoms with E-state index in [0.717, 1.165) is 24.8 Å². The van der Waals surface area contributed by atoms with E-state index in [0.29, 0.717) is 12.3 Å². The number of benzene rings is 1.